The average molecular weight is 369 g/mol. The van der Waals surface area contributed by atoms with Crippen LogP contribution in [0.4, 0.5) is 4.79 Å². The summed E-state index contributed by atoms with van der Waals surface area (Å²) in [6, 6.07) is 14.0. The van der Waals surface area contributed by atoms with Gasteiger partial charge in [0.15, 0.2) is 5.78 Å². The molecule has 0 aliphatic carbocycles. The first-order valence-corrected chi connectivity index (χ1v) is 8.93. The molecule has 134 valence electrons. The minimum atomic E-state index is -0.492. The summed E-state index contributed by atoms with van der Waals surface area (Å²) in [5.41, 5.74) is 3.71. The summed E-state index contributed by atoms with van der Waals surface area (Å²) in [4.78, 5) is 25.1. The van der Waals surface area contributed by atoms with Crippen LogP contribution in [0.3, 0.4) is 0 Å². The van der Waals surface area contributed by atoms with Crippen molar-refractivity contribution in [3.8, 4) is 0 Å². The van der Waals surface area contributed by atoms with Crippen LogP contribution in [0, 0.1) is 0 Å². The Kier molecular flexibility index (Phi) is 5.14. The van der Waals surface area contributed by atoms with Crippen LogP contribution in [0.25, 0.3) is 0 Å². The van der Waals surface area contributed by atoms with Crippen molar-refractivity contribution in [2.24, 2.45) is 0 Å². The number of carbonyl (C=O) groups excluding carboxylic acids is 2. The molecular formula is C21H21ClN2O2. The van der Waals surface area contributed by atoms with Gasteiger partial charge in [0.25, 0.3) is 0 Å². The van der Waals surface area contributed by atoms with Gasteiger partial charge in [0.1, 0.15) is 0 Å². The molecule has 4 nitrogen and oxygen atoms in total. The summed E-state index contributed by atoms with van der Waals surface area (Å²) in [5, 5.41) is 6.14. The fourth-order valence-corrected chi connectivity index (χ4v) is 3.20. The number of benzene rings is 2. The number of carbonyl (C=O) groups is 2. The zero-order chi connectivity index (χ0) is 18.8. The molecule has 0 saturated heterocycles. The number of ketones is 1. The van der Waals surface area contributed by atoms with E-state index in [9.17, 15) is 9.59 Å². The second-order valence-corrected chi connectivity index (χ2v) is 7.16. The highest BCUT2D eigenvalue weighted by atomic mass is 35.5. The molecule has 2 aromatic carbocycles. The zero-order valence-electron chi connectivity index (χ0n) is 15.0. The van der Waals surface area contributed by atoms with Gasteiger partial charge in [0.05, 0.1) is 6.04 Å². The van der Waals surface area contributed by atoms with Gasteiger partial charge in [-0.05, 0) is 48.2 Å². The first kappa shape index (κ1) is 18.2. The van der Waals surface area contributed by atoms with Gasteiger partial charge in [0.2, 0.25) is 0 Å². The lowest BCUT2D eigenvalue weighted by Crippen LogP contribution is -2.45. The largest absolute Gasteiger partial charge is 0.327 e. The maximum atomic E-state index is 13.1. The molecule has 1 atom stereocenters. The van der Waals surface area contributed by atoms with Crippen LogP contribution in [0.2, 0.25) is 5.02 Å². The maximum absolute atomic E-state index is 13.1. The van der Waals surface area contributed by atoms with Gasteiger partial charge in [-0.1, -0.05) is 49.7 Å². The number of halogens is 1. The van der Waals surface area contributed by atoms with Gasteiger partial charge in [0, 0.05) is 21.9 Å². The number of Topliss-reactive ketones (excluding diaryl/α,β-unsaturated/α-hetero) is 1. The Hall–Kier alpha value is -2.59. The molecular weight excluding hydrogens is 348 g/mol. The molecule has 1 heterocycles. The highest BCUT2D eigenvalue weighted by Gasteiger charge is 2.31. The van der Waals surface area contributed by atoms with E-state index in [0.29, 0.717) is 27.8 Å². The first-order valence-electron chi connectivity index (χ1n) is 8.55. The molecule has 0 fully saturated rings. The summed E-state index contributed by atoms with van der Waals surface area (Å²) >= 11 is 5.92. The molecule has 0 saturated carbocycles. The van der Waals surface area contributed by atoms with Crippen LogP contribution < -0.4 is 10.6 Å². The predicted octanol–water partition coefficient (Wildman–Crippen LogP) is 4.97. The Morgan fingerprint density at radius 3 is 2.23 bits per heavy atom. The van der Waals surface area contributed by atoms with Gasteiger partial charge in [-0.25, -0.2) is 4.79 Å². The fraction of sp³-hybridized carbons (Fsp3) is 0.238. The quantitative estimate of drug-likeness (QED) is 0.748. The summed E-state index contributed by atoms with van der Waals surface area (Å²) in [5.74, 6) is 0.281. The highest BCUT2D eigenvalue weighted by Crippen LogP contribution is 2.30. The molecule has 3 rings (SSSR count). The minimum Gasteiger partial charge on any atom is -0.327 e. The Labute approximate surface area is 158 Å². The van der Waals surface area contributed by atoms with E-state index in [2.05, 4.69) is 24.5 Å². The molecule has 1 unspecified atom stereocenters. The van der Waals surface area contributed by atoms with Crippen LogP contribution in [-0.4, -0.2) is 11.8 Å². The van der Waals surface area contributed by atoms with Crippen LogP contribution >= 0.6 is 11.6 Å². The number of nitrogens with one attached hydrogen (secondary N) is 2. The van der Waals surface area contributed by atoms with Gasteiger partial charge in [-0.3, -0.25) is 4.79 Å². The molecule has 5 heteroatoms. The SMILES string of the molecule is CC1=C(C(=O)c2ccc(Cl)cc2)C(c2ccc(C(C)C)cc2)NC(=O)N1. The fourth-order valence-electron chi connectivity index (χ4n) is 3.08. The average Bonchev–Trinajstić information content (AvgIpc) is 2.61. The lowest BCUT2D eigenvalue weighted by molar-refractivity contribution is 0.102. The normalized spacial score (nSPS) is 17.1. The maximum Gasteiger partial charge on any atom is 0.319 e. The van der Waals surface area contributed by atoms with E-state index in [4.69, 9.17) is 11.6 Å². The van der Waals surface area contributed by atoms with Crippen molar-refractivity contribution in [2.75, 3.05) is 0 Å². The third kappa shape index (κ3) is 3.65. The summed E-state index contributed by atoms with van der Waals surface area (Å²) < 4.78 is 0. The van der Waals surface area contributed by atoms with E-state index in [1.54, 1.807) is 31.2 Å². The van der Waals surface area contributed by atoms with Crippen molar-refractivity contribution >= 4 is 23.4 Å². The predicted molar refractivity (Wildman–Crippen MR) is 103 cm³/mol. The number of hydrogen-bond donors (Lipinski definition) is 2. The summed E-state index contributed by atoms with van der Waals surface area (Å²) in [7, 11) is 0. The van der Waals surface area contributed by atoms with Crippen molar-refractivity contribution in [3.63, 3.8) is 0 Å². The van der Waals surface area contributed by atoms with Crippen molar-refractivity contribution in [1.82, 2.24) is 10.6 Å². The van der Waals surface area contributed by atoms with Crippen LogP contribution in [-0.2, 0) is 0 Å². The summed E-state index contributed by atoms with van der Waals surface area (Å²) in [6.07, 6.45) is 0. The first-order chi connectivity index (χ1) is 12.4. The van der Waals surface area contributed by atoms with Gasteiger partial charge in [-0.15, -0.1) is 0 Å². The third-order valence-electron chi connectivity index (χ3n) is 4.56. The van der Waals surface area contributed by atoms with Crippen molar-refractivity contribution in [3.05, 3.63) is 81.5 Å². The van der Waals surface area contributed by atoms with Crippen molar-refractivity contribution in [2.45, 2.75) is 32.7 Å². The molecule has 0 aromatic heterocycles. The molecule has 0 bridgehead atoms. The lowest BCUT2D eigenvalue weighted by Gasteiger charge is -2.29. The minimum absolute atomic E-state index is 0.135. The second-order valence-electron chi connectivity index (χ2n) is 6.73. The Morgan fingerprint density at radius 1 is 1.04 bits per heavy atom. The Morgan fingerprint density at radius 2 is 1.65 bits per heavy atom. The Balaban J connectivity index is 2.01. The van der Waals surface area contributed by atoms with Crippen LogP contribution in [0.5, 0.6) is 0 Å². The van der Waals surface area contributed by atoms with Gasteiger partial charge in [-0.2, -0.15) is 0 Å². The molecule has 26 heavy (non-hydrogen) atoms. The molecule has 1 aliphatic heterocycles. The molecule has 2 amide bonds. The molecule has 0 spiro atoms. The molecule has 2 aromatic rings. The monoisotopic (exact) mass is 368 g/mol. The van der Waals surface area contributed by atoms with Crippen LogP contribution in [0.15, 0.2) is 59.8 Å². The second kappa shape index (κ2) is 7.34. The van der Waals surface area contributed by atoms with E-state index in [0.717, 1.165) is 5.56 Å². The standard InChI is InChI=1S/C21H21ClN2O2/c1-12(2)14-4-6-15(7-5-14)19-18(13(3)23-21(26)24-19)20(25)16-8-10-17(22)11-9-16/h4-12,19H,1-3H3,(H2,23,24,26). The van der Waals surface area contributed by atoms with Gasteiger partial charge < -0.3 is 10.6 Å². The van der Waals surface area contributed by atoms with E-state index >= 15 is 0 Å². The zero-order valence-corrected chi connectivity index (χ0v) is 15.7. The van der Waals surface area contributed by atoms with Crippen molar-refractivity contribution < 1.29 is 9.59 Å². The summed E-state index contributed by atoms with van der Waals surface area (Å²) in [6.45, 7) is 6.00. The van der Waals surface area contributed by atoms with Crippen molar-refractivity contribution in [1.29, 1.82) is 0 Å². The number of hydrogen-bond acceptors (Lipinski definition) is 2. The molecule has 0 radical (unpaired) electrons. The van der Waals surface area contributed by atoms with E-state index in [1.807, 2.05) is 24.3 Å². The third-order valence-corrected chi connectivity index (χ3v) is 4.81. The number of urea groups is 1. The van der Waals surface area contributed by atoms with Gasteiger partial charge >= 0.3 is 6.03 Å². The molecule has 2 N–H and O–H groups in total. The number of amides is 2. The van der Waals surface area contributed by atoms with E-state index < -0.39 is 6.04 Å². The Bertz CT molecular complexity index is 868. The smallest absolute Gasteiger partial charge is 0.319 e. The number of allylic oxidation sites excluding steroid dienone is 1. The van der Waals surface area contributed by atoms with E-state index in [1.165, 1.54) is 5.56 Å². The highest BCUT2D eigenvalue weighted by molar-refractivity contribution is 6.30. The van der Waals surface area contributed by atoms with Crippen LogP contribution in [0.1, 0.15) is 54.2 Å². The van der Waals surface area contributed by atoms with E-state index in [-0.39, 0.29) is 11.8 Å². The lowest BCUT2D eigenvalue weighted by atomic mass is 9.88. The number of rotatable bonds is 4. The molecule has 1 aliphatic rings. The topological polar surface area (TPSA) is 58.2 Å².